The van der Waals surface area contributed by atoms with Crippen molar-refractivity contribution in [2.75, 3.05) is 18.4 Å². The highest BCUT2D eigenvalue weighted by atomic mass is 16.1. The van der Waals surface area contributed by atoms with Crippen molar-refractivity contribution >= 4 is 22.8 Å². The number of benzene rings is 2. The second-order valence-electron chi connectivity index (χ2n) is 6.79. The zero-order chi connectivity index (χ0) is 19.9. The molecule has 0 saturated carbocycles. The van der Waals surface area contributed by atoms with Crippen LogP contribution in [0.25, 0.3) is 10.9 Å². The Morgan fingerprint density at radius 2 is 1.76 bits per heavy atom. The minimum atomic E-state index is -0.192. The molecule has 0 aliphatic carbocycles. The van der Waals surface area contributed by atoms with Gasteiger partial charge in [-0.3, -0.25) is 4.79 Å². The van der Waals surface area contributed by atoms with Gasteiger partial charge in [0.15, 0.2) is 0 Å². The first-order chi connectivity index (χ1) is 14.3. The average Bonchev–Trinajstić information content (AvgIpc) is 3.18. The summed E-state index contributed by atoms with van der Waals surface area (Å²) in [6.45, 7) is 1.25. The van der Waals surface area contributed by atoms with Crippen molar-refractivity contribution in [3.05, 3.63) is 89.9 Å². The zero-order valence-electron chi connectivity index (χ0n) is 16.1. The molecule has 6 nitrogen and oxygen atoms in total. The smallest absolute Gasteiger partial charge is 0.270 e. The van der Waals surface area contributed by atoms with Gasteiger partial charge in [-0.25, -0.2) is 9.97 Å². The molecule has 2 aromatic heterocycles. The van der Waals surface area contributed by atoms with Gasteiger partial charge in [-0.05, 0) is 36.1 Å². The fourth-order valence-electron chi connectivity index (χ4n) is 3.27. The van der Waals surface area contributed by atoms with Crippen LogP contribution in [0.5, 0.6) is 0 Å². The number of anilines is 1. The molecule has 0 saturated heterocycles. The van der Waals surface area contributed by atoms with E-state index in [1.165, 1.54) is 16.5 Å². The van der Waals surface area contributed by atoms with Gasteiger partial charge in [0, 0.05) is 36.4 Å². The molecular weight excluding hydrogens is 362 g/mol. The number of carbonyl (C=O) groups excluding carboxylic acids is 1. The highest BCUT2D eigenvalue weighted by molar-refractivity contribution is 5.92. The summed E-state index contributed by atoms with van der Waals surface area (Å²) >= 11 is 0. The Morgan fingerprint density at radius 1 is 0.931 bits per heavy atom. The van der Waals surface area contributed by atoms with Crippen LogP contribution in [-0.2, 0) is 12.8 Å². The molecule has 0 aliphatic rings. The van der Waals surface area contributed by atoms with Gasteiger partial charge < -0.3 is 15.6 Å². The van der Waals surface area contributed by atoms with Crippen LogP contribution in [0, 0.1) is 0 Å². The highest BCUT2D eigenvalue weighted by Gasteiger charge is 2.09. The monoisotopic (exact) mass is 385 g/mol. The highest BCUT2D eigenvalue weighted by Crippen LogP contribution is 2.18. The van der Waals surface area contributed by atoms with Crippen molar-refractivity contribution < 1.29 is 4.79 Å². The minimum absolute atomic E-state index is 0.192. The van der Waals surface area contributed by atoms with Gasteiger partial charge >= 0.3 is 0 Å². The number of nitrogens with zero attached hydrogens (tertiary/aromatic N) is 2. The molecule has 0 atom stereocenters. The van der Waals surface area contributed by atoms with Gasteiger partial charge in [0.1, 0.15) is 5.69 Å². The predicted molar refractivity (Wildman–Crippen MR) is 115 cm³/mol. The number of para-hydroxylation sites is 1. The fraction of sp³-hybridized carbons (Fsp3) is 0.174. The Morgan fingerprint density at radius 3 is 2.66 bits per heavy atom. The van der Waals surface area contributed by atoms with Crippen molar-refractivity contribution in [3.63, 3.8) is 0 Å². The Bertz CT molecular complexity index is 1090. The Kier molecular flexibility index (Phi) is 5.81. The summed E-state index contributed by atoms with van der Waals surface area (Å²) in [5.41, 5.74) is 3.92. The Hall–Kier alpha value is -3.67. The van der Waals surface area contributed by atoms with Crippen LogP contribution >= 0.6 is 0 Å². The summed E-state index contributed by atoms with van der Waals surface area (Å²) < 4.78 is 0. The molecule has 4 rings (SSSR count). The van der Waals surface area contributed by atoms with Crippen LogP contribution in [0.1, 0.15) is 21.6 Å². The first kappa shape index (κ1) is 18.7. The summed E-state index contributed by atoms with van der Waals surface area (Å²) in [4.78, 5) is 24.2. The molecule has 1 amide bonds. The number of H-pyrrole nitrogens is 1. The number of nitrogens with one attached hydrogen (secondary N) is 3. The minimum Gasteiger partial charge on any atom is -0.361 e. The van der Waals surface area contributed by atoms with Gasteiger partial charge in [-0.2, -0.15) is 0 Å². The quantitative estimate of drug-likeness (QED) is 0.433. The summed E-state index contributed by atoms with van der Waals surface area (Å²) in [6, 6.07) is 19.9. The maximum Gasteiger partial charge on any atom is 0.270 e. The summed E-state index contributed by atoms with van der Waals surface area (Å²) in [7, 11) is 0. The lowest BCUT2D eigenvalue weighted by Crippen LogP contribution is -2.27. The van der Waals surface area contributed by atoms with Gasteiger partial charge in [0.25, 0.3) is 5.91 Å². The molecule has 0 unspecified atom stereocenters. The molecule has 6 heteroatoms. The first-order valence-corrected chi connectivity index (χ1v) is 9.73. The van der Waals surface area contributed by atoms with E-state index in [2.05, 4.69) is 37.7 Å². The molecule has 3 N–H and O–H groups in total. The van der Waals surface area contributed by atoms with Crippen molar-refractivity contribution in [1.82, 2.24) is 20.3 Å². The number of amides is 1. The third-order valence-corrected chi connectivity index (χ3v) is 4.78. The number of hydrogen-bond donors (Lipinski definition) is 3. The van der Waals surface area contributed by atoms with Crippen LogP contribution < -0.4 is 10.6 Å². The predicted octanol–water partition coefficient (Wildman–Crippen LogP) is 3.59. The van der Waals surface area contributed by atoms with Gasteiger partial charge in [-0.15, -0.1) is 0 Å². The standard InChI is InChI=1S/C23H23N5O/c29-22(24-13-10-17-6-2-1-3-7-17)21-12-15-26-23(28-21)25-14-11-18-16-27-20-9-5-4-8-19(18)20/h1-9,12,15-16,27H,10-11,13-14H2,(H,24,29)(H,25,26,28). The molecule has 146 valence electrons. The van der Waals surface area contributed by atoms with Crippen molar-refractivity contribution in [1.29, 1.82) is 0 Å². The van der Waals surface area contributed by atoms with Crippen LogP contribution in [0.2, 0.25) is 0 Å². The van der Waals surface area contributed by atoms with Crippen LogP contribution in [0.3, 0.4) is 0 Å². The fourth-order valence-corrected chi connectivity index (χ4v) is 3.27. The number of fused-ring (bicyclic) bond motifs is 1. The lowest BCUT2D eigenvalue weighted by Gasteiger charge is -2.07. The van der Waals surface area contributed by atoms with Crippen molar-refractivity contribution in [2.45, 2.75) is 12.8 Å². The van der Waals surface area contributed by atoms with Gasteiger partial charge in [0.05, 0.1) is 0 Å². The third kappa shape index (κ3) is 4.79. The van der Waals surface area contributed by atoms with E-state index < -0.39 is 0 Å². The normalized spacial score (nSPS) is 10.8. The van der Waals surface area contributed by atoms with E-state index >= 15 is 0 Å². The third-order valence-electron chi connectivity index (χ3n) is 4.78. The Labute approximate surface area is 169 Å². The molecule has 0 spiro atoms. The van der Waals surface area contributed by atoms with Crippen molar-refractivity contribution in [2.24, 2.45) is 0 Å². The summed E-state index contributed by atoms with van der Waals surface area (Å²) in [5.74, 6) is 0.267. The molecule has 2 heterocycles. The number of aromatic nitrogens is 3. The van der Waals surface area contributed by atoms with Crippen LogP contribution in [-0.4, -0.2) is 33.9 Å². The van der Waals surface area contributed by atoms with E-state index in [9.17, 15) is 4.79 Å². The average molecular weight is 385 g/mol. The summed E-state index contributed by atoms with van der Waals surface area (Å²) in [5, 5.41) is 7.34. The maximum atomic E-state index is 12.4. The van der Waals surface area contributed by atoms with E-state index in [-0.39, 0.29) is 5.91 Å². The van der Waals surface area contributed by atoms with E-state index in [1.54, 1.807) is 12.3 Å². The number of hydrogen-bond acceptors (Lipinski definition) is 4. The topological polar surface area (TPSA) is 82.7 Å². The van der Waals surface area contributed by atoms with Gasteiger partial charge in [0.2, 0.25) is 5.95 Å². The summed E-state index contributed by atoms with van der Waals surface area (Å²) in [6.07, 6.45) is 5.26. The van der Waals surface area contributed by atoms with E-state index in [4.69, 9.17) is 0 Å². The van der Waals surface area contributed by atoms with Crippen molar-refractivity contribution in [3.8, 4) is 0 Å². The number of carbonyl (C=O) groups is 1. The zero-order valence-corrected chi connectivity index (χ0v) is 16.1. The van der Waals surface area contributed by atoms with E-state index in [0.717, 1.165) is 18.4 Å². The largest absolute Gasteiger partial charge is 0.361 e. The van der Waals surface area contributed by atoms with Crippen LogP contribution in [0.4, 0.5) is 5.95 Å². The first-order valence-electron chi connectivity index (χ1n) is 9.73. The molecule has 4 aromatic rings. The number of aromatic amines is 1. The second-order valence-corrected chi connectivity index (χ2v) is 6.79. The lowest BCUT2D eigenvalue weighted by molar-refractivity contribution is 0.0949. The Balaban J connectivity index is 1.29. The maximum absolute atomic E-state index is 12.4. The van der Waals surface area contributed by atoms with E-state index in [0.29, 0.717) is 24.7 Å². The molecule has 0 fully saturated rings. The van der Waals surface area contributed by atoms with E-state index in [1.807, 2.05) is 48.7 Å². The van der Waals surface area contributed by atoms with Crippen LogP contribution in [0.15, 0.2) is 73.1 Å². The van der Waals surface area contributed by atoms with Gasteiger partial charge in [-0.1, -0.05) is 48.5 Å². The molecule has 0 radical (unpaired) electrons. The molecule has 2 aromatic carbocycles. The lowest BCUT2D eigenvalue weighted by atomic mass is 10.1. The SMILES string of the molecule is O=C(NCCc1ccccc1)c1ccnc(NCCc2c[nH]c3ccccc23)n1. The molecular formula is C23H23N5O. The second kappa shape index (κ2) is 9.01. The molecule has 0 bridgehead atoms. The molecule has 29 heavy (non-hydrogen) atoms. The molecule has 0 aliphatic heterocycles. The number of rotatable bonds is 8.